The van der Waals surface area contributed by atoms with Gasteiger partial charge in [-0.2, -0.15) is 0 Å². The van der Waals surface area contributed by atoms with Crippen molar-refractivity contribution < 1.29 is 9.15 Å². The lowest BCUT2D eigenvalue weighted by molar-refractivity contribution is 0.484. The van der Waals surface area contributed by atoms with Crippen LogP contribution in [0.5, 0.6) is 11.5 Å². The van der Waals surface area contributed by atoms with Crippen LogP contribution in [0.4, 0.5) is 0 Å². The molecular weight excluding hydrogens is 785 g/mol. The molecule has 0 saturated carbocycles. The first-order chi connectivity index (χ1) is 31.4. The number of rotatable bonds is 7. The van der Waals surface area contributed by atoms with Crippen LogP contribution in [0.15, 0.2) is 205 Å². The van der Waals surface area contributed by atoms with Crippen molar-refractivity contribution in [3.05, 3.63) is 206 Å². The highest BCUT2D eigenvalue weighted by atomic mass is 16.5. The minimum absolute atomic E-state index is 0.0388. The van der Waals surface area contributed by atoms with Crippen LogP contribution in [0.1, 0.15) is 26.3 Å². The minimum Gasteiger partial charge on any atom is -0.457 e. The van der Waals surface area contributed by atoms with E-state index in [9.17, 15) is 0 Å². The molecule has 0 aliphatic heterocycles. The van der Waals surface area contributed by atoms with Crippen LogP contribution in [0.3, 0.4) is 0 Å². The Hall–Kier alpha value is -8.22. The molecule has 0 fully saturated rings. The van der Waals surface area contributed by atoms with E-state index < -0.39 is 0 Å². The second-order valence-electron chi connectivity index (χ2n) is 17.4. The highest BCUT2D eigenvalue weighted by molar-refractivity contribution is 6.16. The Bertz CT molecular complexity index is 3740. The number of benzene rings is 8. The van der Waals surface area contributed by atoms with E-state index in [2.05, 4.69) is 212 Å². The summed E-state index contributed by atoms with van der Waals surface area (Å²) in [4.78, 5) is 10.3. The molecule has 0 aliphatic carbocycles. The number of para-hydroxylation sites is 4. The first-order valence-corrected chi connectivity index (χ1v) is 21.7. The molecule has 0 spiro atoms. The van der Waals surface area contributed by atoms with Crippen LogP contribution in [-0.4, -0.2) is 19.1 Å². The second-order valence-corrected chi connectivity index (χ2v) is 17.4. The summed E-state index contributed by atoms with van der Waals surface area (Å²) in [7, 11) is 0. The van der Waals surface area contributed by atoms with Crippen LogP contribution >= 0.6 is 0 Å². The van der Waals surface area contributed by atoms with Crippen molar-refractivity contribution in [2.75, 3.05) is 0 Å². The van der Waals surface area contributed by atoms with E-state index in [0.29, 0.717) is 11.5 Å². The third kappa shape index (κ3) is 6.17. The number of imidazole rings is 1. The fraction of sp³-hybridized carbons (Fsp3) is 0.0690. The van der Waals surface area contributed by atoms with Gasteiger partial charge < -0.3 is 9.15 Å². The van der Waals surface area contributed by atoms with Gasteiger partial charge in [-0.05, 0) is 94.4 Å². The molecule has 6 nitrogen and oxygen atoms in total. The molecule has 12 aromatic rings. The van der Waals surface area contributed by atoms with Crippen LogP contribution in [0, 0.1) is 0 Å². The molecule has 8 aromatic carbocycles. The molecule has 0 N–H and O–H groups in total. The zero-order valence-corrected chi connectivity index (χ0v) is 35.7. The average Bonchev–Trinajstić information content (AvgIpc) is 4.01. The molecule has 0 aliphatic rings. The third-order valence-electron chi connectivity index (χ3n) is 12.4. The van der Waals surface area contributed by atoms with E-state index in [1.54, 1.807) is 0 Å². The van der Waals surface area contributed by atoms with Crippen molar-refractivity contribution >= 4 is 54.8 Å². The molecule has 4 aromatic heterocycles. The monoisotopic (exact) mass is 826 g/mol. The van der Waals surface area contributed by atoms with Gasteiger partial charge in [-0.25, -0.2) is 9.97 Å². The molecule has 64 heavy (non-hydrogen) atoms. The molecule has 4 heterocycles. The molecule has 0 bridgehead atoms. The Labute approximate surface area is 370 Å². The smallest absolute Gasteiger partial charge is 0.149 e. The standard InChI is InChI=1S/C58H42N4O2/c1-58(2,3)39-31-32-59-54(33-39)61-50-26-14-11-22-44(50)45-30-29-40(36-52(45)61)63-41-34-46-55-43(38-19-8-5-9-20-38)23-16-28-53(55)64-56(46)47(35-41)57-60-48-24-12-15-27-51(48)62(57)49-25-13-10-21-42(49)37-17-6-4-7-18-37/h4-36H,1-3H3. The van der Waals surface area contributed by atoms with Crippen LogP contribution in [0.2, 0.25) is 0 Å². The molecule has 0 saturated heterocycles. The van der Waals surface area contributed by atoms with Gasteiger partial charge in [0.1, 0.15) is 34.3 Å². The van der Waals surface area contributed by atoms with Crippen molar-refractivity contribution in [2.45, 2.75) is 26.2 Å². The molecule has 12 rings (SSSR count). The summed E-state index contributed by atoms with van der Waals surface area (Å²) in [5.74, 6) is 2.99. The highest BCUT2D eigenvalue weighted by Gasteiger charge is 2.25. The summed E-state index contributed by atoms with van der Waals surface area (Å²) < 4.78 is 18.6. The minimum atomic E-state index is -0.0388. The number of ether oxygens (including phenoxy) is 1. The molecule has 306 valence electrons. The topological polar surface area (TPSA) is 58.0 Å². The van der Waals surface area contributed by atoms with Gasteiger partial charge in [0.05, 0.1) is 33.3 Å². The van der Waals surface area contributed by atoms with Gasteiger partial charge >= 0.3 is 0 Å². The third-order valence-corrected chi connectivity index (χ3v) is 12.4. The Morgan fingerprint density at radius 1 is 0.500 bits per heavy atom. The largest absolute Gasteiger partial charge is 0.457 e. The quantitative estimate of drug-likeness (QED) is 0.161. The number of hydrogen-bond donors (Lipinski definition) is 0. The summed E-state index contributed by atoms with van der Waals surface area (Å²) in [6.07, 6.45) is 1.91. The van der Waals surface area contributed by atoms with Crippen molar-refractivity contribution in [2.24, 2.45) is 0 Å². The summed E-state index contributed by atoms with van der Waals surface area (Å²) >= 11 is 0. The SMILES string of the molecule is CC(C)(C)c1ccnc(-n2c3ccccc3c3ccc(Oc4cc(-c5nc6ccccc6n5-c5ccccc5-c5ccccc5)c5oc6cccc(-c7ccccc7)c6c5c4)cc32)c1. The summed E-state index contributed by atoms with van der Waals surface area (Å²) in [6.45, 7) is 6.70. The number of hydrogen-bond acceptors (Lipinski definition) is 4. The van der Waals surface area contributed by atoms with E-state index >= 15 is 0 Å². The van der Waals surface area contributed by atoms with Gasteiger partial charge in [0.15, 0.2) is 0 Å². The summed E-state index contributed by atoms with van der Waals surface area (Å²) in [5, 5.41) is 4.24. The van der Waals surface area contributed by atoms with Crippen LogP contribution in [-0.2, 0) is 5.41 Å². The lowest BCUT2D eigenvalue weighted by Crippen LogP contribution is -2.12. The van der Waals surface area contributed by atoms with Gasteiger partial charge in [-0.1, -0.05) is 142 Å². The number of fused-ring (bicyclic) bond motifs is 7. The Morgan fingerprint density at radius 3 is 2.00 bits per heavy atom. The van der Waals surface area contributed by atoms with Crippen molar-refractivity contribution in [1.29, 1.82) is 0 Å². The predicted octanol–water partition coefficient (Wildman–Crippen LogP) is 15.5. The van der Waals surface area contributed by atoms with Gasteiger partial charge in [-0.3, -0.25) is 9.13 Å². The second kappa shape index (κ2) is 14.7. The highest BCUT2D eigenvalue weighted by Crippen LogP contribution is 2.45. The van der Waals surface area contributed by atoms with Gasteiger partial charge in [0, 0.05) is 39.4 Å². The predicted molar refractivity (Wildman–Crippen MR) is 262 cm³/mol. The molecule has 0 atom stereocenters. The first kappa shape index (κ1) is 37.5. The van der Waals surface area contributed by atoms with Crippen molar-refractivity contribution in [3.63, 3.8) is 0 Å². The zero-order chi connectivity index (χ0) is 42.9. The van der Waals surface area contributed by atoms with E-state index in [1.807, 2.05) is 18.3 Å². The number of aromatic nitrogens is 4. The van der Waals surface area contributed by atoms with E-state index in [0.717, 1.165) is 99.9 Å². The van der Waals surface area contributed by atoms with Crippen molar-refractivity contribution in [3.8, 4) is 56.6 Å². The lowest BCUT2D eigenvalue weighted by atomic mass is 9.88. The van der Waals surface area contributed by atoms with Gasteiger partial charge in [0.2, 0.25) is 0 Å². The van der Waals surface area contributed by atoms with Gasteiger partial charge in [0.25, 0.3) is 0 Å². The maximum absolute atomic E-state index is 7.09. The van der Waals surface area contributed by atoms with Crippen LogP contribution < -0.4 is 4.74 Å². The molecule has 0 radical (unpaired) electrons. The fourth-order valence-corrected chi connectivity index (χ4v) is 9.37. The Morgan fingerprint density at radius 2 is 1.19 bits per heavy atom. The molecular formula is C58H42N4O2. The molecule has 0 unspecified atom stereocenters. The maximum atomic E-state index is 7.09. The molecule has 6 heteroatoms. The summed E-state index contributed by atoms with van der Waals surface area (Å²) in [6, 6.07) is 67.6. The van der Waals surface area contributed by atoms with Crippen LogP contribution in [0.25, 0.3) is 99.9 Å². The van der Waals surface area contributed by atoms with E-state index in [1.165, 1.54) is 5.56 Å². The zero-order valence-electron chi connectivity index (χ0n) is 35.7. The number of furan rings is 1. The van der Waals surface area contributed by atoms with Gasteiger partial charge in [-0.15, -0.1) is 0 Å². The number of nitrogens with zero attached hydrogens (tertiary/aromatic N) is 4. The van der Waals surface area contributed by atoms with E-state index in [4.69, 9.17) is 19.1 Å². The van der Waals surface area contributed by atoms with E-state index in [-0.39, 0.29) is 5.41 Å². The molecule has 0 amide bonds. The normalized spacial score (nSPS) is 12.0. The summed E-state index contributed by atoms with van der Waals surface area (Å²) in [5.41, 5.74) is 12.9. The maximum Gasteiger partial charge on any atom is 0.149 e. The Kier molecular flexibility index (Phi) is 8.63. The van der Waals surface area contributed by atoms with Crippen molar-refractivity contribution in [1.82, 2.24) is 19.1 Å². The fourth-order valence-electron chi connectivity index (χ4n) is 9.37. The number of pyridine rings is 1. The average molecular weight is 827 g/mol. The first-order valence-electron chi connectivity index (χ1n) is 21.7. The lowest BCUT2D eigenvalue weighted by Gasteiger charge is -2.20. The Balaban J connectivity index is 1.11.